The summed E-state index contributed by atoms with van der Waals surface area (Å²) in [6.45, 7) is 4.58. The Morgan fingerprint density at radius 1 is 1.39 bits per heavy atom. The predicted molar refractivity (Wildman–Crippen MR) is 73.3 cm³/mol. The van der Waals surface area contributed by atoms with Crippen LogP contribution in [0.2, 0.25) is 0 Å². The van der Waals surface area contributed by atoms with Crippen LogP contribution in [-0.2, 0) is 4.79 Å². The van der Waals surface area contributed by atoms with Crippen molar-refractivity contribution in [3.05, 3.63) is 44.4 Å². The maximum atomic E-state index is 11.3. The van der Waals surface area contributed by atoms with Crippen LogP contribution in [0.5, 0.6) is 0 Å². The number of Topliss-reactive ketones (excluding diaryl/α,β-unsaturated/α-hetero) is 1. The van der Waals surface area contributed by atoms with Crippen LogP contribution in [0, 0.1) is 10.1 Å². The first-order valence-corrected chi connectivity index (χ1v) is 6.44. The van der Waals surface area contributed by atoms with E-state index in [1.807, 2.05) is 24.3 Å². The van der Waals surface area contributed by atoms with Crippen LogP contribution in [0.1, 0.15) is 38.7 Å². The minimum Gasteiger partial charge on any atom is -0.300 e. The molecule has 1 rings (SSSR count). The summed E-state index contributed by atoms with van der Waals surface area (Å²) in [4.78, 5) is 22.2. The third kappa shape index (κ3) is 3.38. The molecule has 0 aliphatic carbocycles. The van der Waals surface area contributed by atoms with Crippen LogP contribution in [0.4, 0.5) is 0 Å². The summed E-state index contributed by atoms with van der Waals surface area (Å²) >= 11 is 3.32. The average Bonchev–Trinajstić information content (AvgIpc) is 2.26. The molecule has 0 spiro atoms. The quantitative estimate of drug-likeness (QED) is 0.616. The molecule has 0 aromatic heterocycles. The lowest BCUT2D eigenvalue weighted by Gasteiger charge is -2.26. The van der Waals surface area contributed by atoms with Gasteiger partial charge in [-0.05, 0) is 24.6 Å². The van der Waals surface area contributed by atoms with Crippen molar-refractivity contribution in [2.45, 2.75) is 38.6 Å². The van der Waals surface area contributed by atoms with E-state index in [-0.39, 0.29) is 17.1 Å². The Bertz CT molecular complexity index is 454. The van der Waals surface area contributed by atoms with Gasteiger partial charge in [-0.2, -0.15) is 0 Å². The number of ketones is 1. The second-order valence-corrected chi connectivity index (χ2v) is 5.84. The predicted octanol–water partition coefficient (Wildman–Crippen LogP) is 3.57. The minimum atomic E-state index is -1.17. The molecule has 1 aromatic carbocycles. The first-order chi connectivity index (χ1) is 8.25. The molecule has 0 aliphatic heterocycles. The third-order valence-electron chi connectivity index (χ3n) is 3.09. The smallest absolute Gasteiger partial charge is 0.223 e. The molecule has 0 unspecified atom stereocenters. The van der Waals surface area contributed by atoms with Gasteiger partial charge in [0.05, 0.1) is 5.92 Å². The van der Waals surface area contributed by atoms with Crippen molar-refractivity contribution in [1.29, 1.82) is 0 Å². The van der Waals surface area contributed by atoms with E-state index >= 15 is 0 Å². The van der Waals surface area contributed by atoms with Gasteiger partial charge in [-0.25, -0.2) is 0 Å². The molecule has 0 saturated heterocycles. The Kier molecular flexibility index (Phi) is 4.62. The summed E-state index contributed by atoms with van der Waals surface area (Å²) < 4.78 is 0.909. The number of nitro groups is 1. The Balaban J connectivity index is 3.17. The minimum absolute atomic E-state index is 0.0437. The zero-order valence-electron chi connectivity index (χ0n) is 10.6. The summed E-state index contributed by atoms with van der Waals surface area (Å²) in [6, 6.07) is 7.31. The summed E-state index contributed by atoms with van der Waals surface area (Å²) in [5.74, 6) is -0.462. The fourth-order valence-electron chi connectivity index (χ4n) is 1.89. The van der Waals surface area contributed by atoms with E-state index in [4.69, 9.17) is 0 Å². The Morgan fingerprint density at radius 2 is 1.89 bits per heavy atom. The number of nitrogens with zero attached hydrogens (tertiary/aromatic N) is 1. The van der Waals surface area contributed by atoms with Crippen LogP contribution in [-0.4, -0.2) is 16.2 Å². The second-order valence-electron chi connectivity index (χ2n) is 4.92. The van der Waals surface area contributed by atoms with Gasteiger partial charge in [-0.3, -0.25) is 10.1 Å². The van der Waals surface area contributed by atoms with E-state index in [2.05, 4.69) is 15.9 Å². The Hall–Kier alpha value is -1.23. The molecule has 1 atom stereocenters. The molecule has 0 saturated carbocycles. The molecular formula is C13H16BrNO3. The zero-order chi connectivity index (χ0) is 13.9. The molecule has 0 amide bonds. The monoisotopic (exact) mass is 313 g/mol. The van der Waals surface area contributed by atoms with Crippen molar-refractivity contribution in [2.75, 3.05) is 0 Å². The van der Waals surface area contributed by atoms with E-state index in [0.29, 0.717) is 0 Å². The highest BCUT2D eigenvalue weighted by atomic mass is 79.9. The highest BCUT2D eigenvalue weighted by molar-refractivity contribution is 9.10. The summed E-state index contributed by atoms with van der Waals surface area (Å²) in [6.07, 6.45) is 0.176. The molecule has 0 heterocycles. The third-order valence-corrected chi connectivity index (χ3v) is 3.62. The molecule has 5 heteroatoms. The average molecular weight is 314 g/mol. The molecule has 18 heavy (non-hydrogen) atoms. The molecule has 0 N–H and O–H groups in total. The van der Waals surface area contributed by atoms with Gasteiger partial charge < -0.3 is 4.79 Å². The van der Waals surface area contributed by atoms with Gasteiger partial charge >= 0.3 is 0 Å². The van der Waals surface area contributed by atoms with E-state index < -0.39 is 11.5 Å². The molecule has 4 nitrogen and oxygen atoms in total. The molecule has 0 radical (unpaired) electrons. The fraction of sp³-hybridized carbons (Fsp3) is 0.462. The van der Waals surface area contributed by atoms with Gasteiger partial charge in [0.1, 0.15) is 5.78 Å². The number of rotatable bonds is 5. The fourth-order valence-corrected chi connectivity index (χ4v) is 2.15. The molecule has 0 bridgehead atoms. The summed E-state index contributed by atoms with van der Waals surface area (Å²) in [7, 11) is 0. The lowest BCUT2D eigenvalue weighted by atomic mass is 9.79. The van der Waals surface area contributed by atoms with Crippen molar-refractivity contribution in [2.24, 2.45) is 0 Å². The van der Waals surface area contributed by atoms with Crippen LogP contribution in [0.3, 0.4) is 0 Å². The van der Waals surface area contributed by atoms with Gasteiger partial charge in [0, 0.05) is 29.7 Å². The largest absolute Gasteiger partial charge is 0.300 e. The van der Waals surface area contributed by atoms with Gasteiger partial charge in [0.15, 0.2) is 0 Å². The number of carbonyl (C=O) groups excluding carboxylic acids is 1. The standard InChI is InChI=1S/C13H16BrNO3/c1-9(16)8-12(13(2,3)15(17)18)10-4-6-11(14)7-5-10/h4-7,12H,8H2,1-3H3/t12-/m1/s1. The number of carbonyl (C=O) groups is 1. The highest BCUT2D eigenvalue weighted by Gasteiger charge is 2.42. The number of halogens is 1. The molecule has 1 aromatic rings. The van der Waals surface area contributed by atoms with Gasteiger partial charge in [0.2, 0.25) is 5.54 Å². The zero-order valence-corrected chi connectivity index (χ0v) is 12.2. The van der Waals surface area contributed by atoms with Crippen molar-refractivity contribution < 1.29 is 9.72 Å². The van der Waals surface area contributed by atoms with Crippen LogP contribution < -0.4 is 0 Å². The van der Waals surface area contributed by atoms with Gasteiger partial charge in [0.25, 0.3) is 0 Å². The topological polar surface area (TPSA) is 60.2 Å². The number of hydrogen-bond acceptors (Lipinski definition) is 3. The summed E-state index contributed by atoms with van der Waals surface area (Å²) in [5.41, 5.74) is -0.352. The normalized spacial score (nSPS) is 13.1. The van der Waals surface area contributed by atoms with E-state index in [0.717, 1.165) is 10.0 Å². The molecular weight excluding hydrogens is 298 g/mol. The van der Waals surface area contributed by atoms with Gasteiger partial charge in [-0.15, -0.1) is 0 Å². The first kappa shape index (κ1) is 14.8. The molecule has 98 valence electrons. The Labute approximate surface area is 115 Å². The molecule has 0 fully saturated rings. The summed E-state index contributed by atoms with van der Waals surface area (Å²) in [5, 5.41) is 11.2. The highest BCUT2D eigenvalue weighted by Crippen LogP contribution is 2.34. The maximum Gasteiger partial charge on any atom is 0.223 e. The number of hydrogen-bond donors (Lipinski definition) is 0. The van der Waals surface area contributed by atoms with Gasteiger partial charge in [-0.1, -0.05) is 28.1 Å². The van der Waals surface area contributed by atoms with Crippen molar-refractivity contribution in [1.82, 2.24) is 0 Å². The van der Waals surface area contributed by atoms with Crippen LogP contribution in [0.25, 0.3) is 0 Å². The lowest BCUT2D eigenvalue weighted by molar-refractivity contribution is -0.565. The van der Waals surface area contributed by atoms with Crippen LogP contribution >= 0.6 is 15.9 Å². The van der Waals surface area contributed by atoms with E-state index in [9.17, 15) is 14.9 Å². The van der Waals surface area contributed by atoms with Crippen LogP contribution in [0.15, 0.2) is 28.7 Å². The Morgan fingerprint density at radius 3 is 2.28 bits per heavy atom. The molecule has 0 aliphatic rings. The SMILES string of the molecule is CC(=O)C[C@H](c1ccc(Br)cc1)C(C)(C)[N+](=O)[O-]. The van der Waals surface area contributed by atoms with Crippen molar-refractivity contribution >= 4 is 21.7 Å². The van der Waals surface area contributed by atoms with E-state index in [1.54, 1.807) is 13.8 Å². The van der Waals surface area contributed by atoms with Crippen molar-refractivity contribution in [3.63, 3.8) is 0 Å². The first-order valence-electron chi connectivity index (χ1n) is 5.64. The maximum absolute atomic E-state index is 11.3. The van der Waals surface area contributed by atoms with Crippen molar-refractivity contribution in [3.8, 4) is 0 Å². The second kappa shape index (κ2) is 5.61. The van der Waals surface area contributed by atoms with E-state index in [1.165, 1.54) is 6.92 Å². The lowest BCUT2D eigenvalue weighted by Crippen LogP contribution is -2.39. The number of benzene rings is 1.